The highest BCUT2D eigenvalue weighted by atomic mass is 32.1. The van der Waals surface area contributed by atoms with Gasteiger partial charge < -0.3 is 16.8 Å². The summed E-state index contributed by atoms with van der Waals surface area (Å²) in [5, 5.41) is 4.08. The van der Waals surface area contributed by atoms with Crippen LogP contribution in [0.5, 0.6) is 0 Å². The Morgan fingerprint density at radius 3 is 2.77 bits per heavy atom. The Bertz CT molecular complexity index is 833. The third-order valence-corrected chi connectivity index (χ3v) is 5.96. The first-order valence-corrected chi connectivity index (χ1v) is 8.70. The van der Waals surface area contributed by atoms with E-state index in [0.717, 1.165) is 33.8 Å². The SMILES string of the molecule is Cc1cc(Nc2nc(N)c3sc([C@H]4C[C@H](N)C4)cc3n2)sn1. The van der Waals surface area contributed by atoms with E-state index in [1.54, 1.807) is 11.3 Å². The number of fused-ring (bicyclic) bond motifs is 1. The van der Waals surface area contributed by atoms with Gasteiger partial charge in [0.1, 0.15) is 10.8 Å². The zero-order chi connectivity index (χ0) is 15.3. The van der Waals surface area contributed by atoms with Crippen LogP contribution in [0.15, 0.2) is 12.1 Å². The Morgan fingerprint density at radius 2 is 2.09 bits per heavy atom. The molecular weight excluding hydrogens is 316 g/mol. The van der Waals surface area contributed by atoms with Crippen LogP contribution in [0, 0.1) is 6.92 Å². The van der Waals surface area contributed by atoms with Crippen LogP contribution in [-0.2, 0) is 0 Å². The van der Waals surface area contributed by atoms with Gasteiger partial charge in [0.05, 0.1) is 15.9 Å². The number of nitrogen functional groups attached to an aromatic ring is 1. The summed E-state index contributed by atoms with van der Waals surface area (Å²) in [6, 6.07) is 4.42. The molecule has 3 aromatic heterocycles. The first kappa shape index (κ1) is 13.9. The van der Waals surface area contributed by atoms with Crippen LogP contribution >= 0.6 is 22.9 Å². The fourth-order valence-electron chi connectivity index (χ4n) is 2.65. The number of nitrogens with two attached hydrogens (primary N) is 2. The van der Waals surface area contributed by atoms with E-state index in [-0.39, 0.29) is 0 Å². The molecule has 8 heteroatoms. The minimum atomic E-state index is 0.338. The Balaban J connectivity index is 1.66. The van der Waals surface area contributed by atoms with Crippen molar-refractivity contribution in [2.75, 3.05) is 11.1 Å². The van der Waals surface area contributed by atoms with E-state index in [4.69, 9.17) is 11.5 Å². The maximum absolute atomic E-state index is 6.10. The number of nitrogens with one attached hydrogen (secondary N) is 1. The number of hydrogen-bond acceptors (Lipinski definition) is 8. The van der Waals surface area contributed by atoms with E-state index < -0.39 is 0 Å². The van der Waals surface area contributed by atoms with Crippen molar-refractivity contribution >= 4 is 49.9 Å². The zero-order valence-electron chi connectivity index (χ0n) is 12.0. The van der Waals surface area contributed by atoms with Crippen LogP contribution in [0.2, 0.25) is 0 Å². The monoisotopic (exact) mass is 332 g/mol. The Hall–Kier alpha value is -1.77. The summed E-state index contributed by atoms with van der Waals surface area (Å²) in [4.78, 5) is 10.2. The van der Waals surface area contributed by atoms with E-state index in [0.29, 0.717) is 23.7 Å². The predicted molar refractivity (Wildman–Crippen MR) is 91.9 cm³/mol. The lowest BCUT2D eigenvalue weighted by Gasteiger charge is -2.31. The number of nitrogens with zero attached hydrogens (tertiary/aromatic N) is 3. The summed E-state index contributed by atoms with van der Waals surface area (Å²) >= 11 is 3.07. The second-order valence-electron chi connectivity index (χ2n) is 5.68. The van der Waals surface area contributed by atoms with Gasteiger partial charge in [-0.05, 0) is 49.3 Å². The van der Waals surface area contributed by atoms with Gasteiger partial charge in [0.2, 0.25) is 5.95 Å². The van der Waals surface area contributed by atoms with E-state index in [1.165, 1.54) is 16.4 Å². The number of anilines is 3. The molecular formula is C14H16N6S2. The van der Waals surface area contributed by atoms with Gasteiger partial charge in [0.15, 0.2) is 0 Å². The maximum atomic E-state index is 6.10. The third kappa shape index (κ3) is 2.43. The molecule has 0 amide bonds. The molecule has 0 aromatic carbocycles. The molecule has 3 aromatic rings. The lowest BCUT2D eigenvalue weighted by atomic mass is 9.80. The smallest absolute Gasteiger partial charge is 0.230 e. The minimum absolute atomic E-state index is 0.338. The highest BCUT2D eigenvalue weighted by Gasteiger charge is 2.29. The molecule has 0 radical (unpaired) electrons. The third-order valence-electron chi connectivity index (χ3n) is 3.86. The summed E-state index contributed by atoms with van der Waals surface area (Å²) in [7, 11) is 0. The molecule has 0 unspecified atom stereocenters. The van der Waals surface area contributed by atoms with E-state index >= 15 is 0 Å². The molecule has 114 valence electrons. The lowest BCUT2D eigenvalue weighted by molar-refractivity contribution is 0.356. The molecule has 1 saturated carbocycles. The number of hydrogen-bond donors (Lipinski definition) is 3. The quantitative estimate of drug-likeness (QED) is 0.681. The average Bonchev–Trinajstić information content (AvgIpc) is 3.02. The fraction of sp³-hybridized carbons (Fsp3) is 0.357. The summed E-state index contributed by atoms with van der Waals surface area (Å²) in [6.45, 7) is 1.95. The van der Waals surface area contributed by atoms with Gasteiger partial charge in [-0.2, -0.15) is 9.36 Å². The second-order valence-corrected chi connectivity index (χ2v) is 7.57. The number of thiophene rings is 1. The van der Waals surface area contributed by atoms with Crippen molar-refractivity contribution in [3.05, 3.63) is 22.7 Å². The number of rotatable bonds is 3. The van der Waals surface area contributed by atoms with E-state index in [1.807, 2.05) is 13.0 Å². The number of aromatic nitrogens is 3. The van der Waals surface area contributed by atoms with Crippen LogP contribution in [0.25, 0.3) is 10.2 Å². The Kier molecular flexibility index (Phi) is 3.24. The lowest BCUT2D eigenvalue weighted by Crippen LogP contribution is -2.34. The Labute approximate surface area is 135 Å². The molecule has 6 nitrogen and oxygen atoms in total. The minimum Gasteiger partial charge on any atom is -0.382 e. The first-order chi connectivity index (χ1) is 10.6. The molecule has 0 spiro atoms. The summed E-state index contributed by atoms with van der Waals surface area (Å²) in [5.41, 5.74) is 13.9. The first-order valence-electron chi connectivity index (χ1n) is 7.11. The molecule has 0 saturated heterocycles. The molecule has 22 heavy (non-hydrogen) atoms. The molecule has 0 atom stereocenters. The van der Waals surface area contributed by atoms with E-state index in [9.17, 15) is 0 Å². The Morgan fingerprint density at radius 1 is 1.27 bits per heavy atom. The van der Waals surface area contributed by atoms with Crippen LogP contribution < -0.4 is 16.8 Å². The molecule has 1 aliphatic carbocycles. The van der Waals surface area contributed by atoms with Gasteiger partial charge >= 0.3 is 0 Å². The van der Waals surface area contributed by atoms with Gasteiger partial charge in [0, 0.05) is 10.9 Å². The van der Waals surface area contributed by atoms with Crippen LogP contribution in [0.1, 0.15) is 29.3 Å². The average molecular weight is 332 g/mol. The zero-order valence-corrected chi connectivity index (χ0v) is 13.7. The van der Waals surface area contributed by atoms with Gasteiger partial charge in [-0.25, -0.2) is 4.98 Å². The summed E-state index contributed by atoms with van der Waals surface area (Å²) < 4.78 is 5.19. The standard InChI is InChI=1S/C14H16N6S2/c1-6-2-11(22-20-6)18-14-17-9-5-10(7-3-8(15)4-7)21-12(9)13(16)19-14/h2,5,7-8H,3-4,15H2,1H3,(H3,16,17,18,19)/t7-,8-. The molecule has 5 N–H and O–H groups in total. The van der Waals surface area contributed by atoms with Crippen molar-refractivity contribution in [2.24, 2.45) is 5.73 Å². The molecule has 0 aliphatic heterocycles. The molecule has 4 rings (SSSR count). The molecule has 1 fully saturated rings. The normalized spacial score (nSPS) is 21.0. The molecule has 0 bridgehead atoms. The van der Waals surface area contributed by atoms with Crippen molar-refractivity contribution < 1.29 is 0 Å². The van der Waals surface area contributed by atoms with Crippen LogP contribution in [0.4, 0.5) is 16.8 Å². The van der Waals surface area contributed by atoms with Crippen LogP contribution in [0.3, 0.4) is 0 Å². The molecule has 1 aliphatic rings. The second kappa shape index (κ2) is 5.15. The number of aryl methyl sites for hydroxylation is 1. The summed E-state index contributed by atoms with van der Waals surface area (Å²) in [6.07, 6.45) is 2.09. The van der Waals surface area contributed by atoms with Gasteiger partial charge in [-0.15, -0.1) is 11.3 Å². The molecule has 3 heterocycles. The predicted octanol–water partition coefficient (Wildman–Crippen LogP) is 2.99. The van der Waals surface area contributed by atoms with Crippen molar-refractivity contribution in [3.63, 3.8) is 0 Å². The highest BCUT2D eigenvalue weighted by molar-refractivity contribution is 7.19. The van der Waals surface area contributed by atoms with Crippen molar-refractivity contribution in [3.8, 4) is 0 Å². The van der Waals surface area contributed by atoms with Crippen LogP contribution in [-0.4, -0.2) is 20.4 Å². The van der Waals surface area contributed by atoms with Crippen molar-refractivity contribution in [1.82, 2.24) is 14.3 Å². The van der Waals surface area contributed by atoms with E-state index in [2.05, 4.69) is 25.7 Å². The van der Waals surface area contributed by atoms with Crippen molar-refractivity contribution in [1.29, 1.82) is 0 Å². The fourth-order valence-corrected chi connectivity index (χ4v) is 4.43. The highest BCUT2D eigenvalue weighted by Crippen LogP contribution is 2.42. The largest absolute Gasteiger partial charge is 0.382 e. The van der Waals surface area contributed by atoms with Crippen molar-refractivity contribution in [2.45, 2.75) is 31.7 Å². The van der Waals surface area contributed by atoms with Gasteiger partial charge in [-0.3, -0.25) is 0 Å². The van der Waals surface area contributed by atoms with Gasteiger partial charge in [0.25, 0.3) is 0 Å². The summed E-state index contributed by atoms with van der Waals surface area (Å²) in [5.74, 6) is 1.59. The van der Waals surface area contributed by atoms with Gasteiger partial charge in [-0.1, -0.05) is 0 Å². The maximum Gasteiger partial charge on any atom is 0.230 e. The topological polar surface area (TPSA) is 103 Å².